The van der Waals surface area contributed by atoms with Crippen LogP contribution in [-0.4, -0.2) is 28.5 Å². The lowest BCUT2D eigenvalue weighted by molar-refractivity contribution is 0.224. The highest BCUT2D eigenvalue weighted by Crippen LogP contribution is 2.31. The predicted molar refractivity (Wildman–Crippen MR) is 109 cm³/mol. The van der Waals surface area contributed by atoms with Crippen LogP contribution in [0.5, 0.6) is 0 Å². The van der Waals surface area contributed by atoms with E-state index in [-0.39, 0.29) is 11.4 Å². The van der Waals surface area contributed by atoms with E-state index in [1.165, 1.54) is 55.6 Å². The van der Waals surface area contributed by atoms with E-state index >= 15 is 0 Å². The van der Waals surface area contributed by atoms with E-state index in [0.717, 1.165) is 28.4 Å². The van der Waals surface area contributed by atoms with Crippen molar-refractivity contribution in [3.8, 4) is 11.1 Å². The lowest BCUT2D eigenvalue weighted by atomic mass is 9.89. The molecule has 4 rings (SSSR count). The molecule has 0 bridgehead atoms. The van der Waals surface area contributed by atoms with Gasteiger partial charge in [-0.25, -0.2) is 9.37 Å². The van der Waals surface area contributed by atoms with E-state index < -0.39 is 0 Å². The molecule has 4 nitrogen and oxygen atoms in total. The molecule has 27 heavy (non-hydrogen) atoms. The van der Waals surface area contributed by atoms with Crippen molar-refractivity contribution in [1.82, 2.24) is 14.9 Å². The van der Waals surface area contributed by atoms with E-state index in [9.17, 15) is 9.18 Å². The molecule has 0 saturated heterocycles. The molecule has 2 heterocycles. The predicted octanol–water partition coefficient (Wildman–Crippen LogP) is 4.80. The molecule has 1 aliphatic carbocycles. The average molecular weight is 386 g/mol. The zero-order valence-corrected chi connectivity index (χ0v) is 16.3. The molecule has 1 saturated carbocycles. The monoisotopic (exact) mass is 385 g/mol. The van der Waals surface area contributed by atoms with Gasteiger partial charge in [0, 0.05) is 17.5 Å². The van der Waals surface area contributed by atoms with E-state index in [0.29, 0.717) is 17.8 Å². The number of hydrogen-bond acceptors (Lipinski definition) is 4. The maximum absolute atomic E-state index is 13.2. The van der Waals surface area contributed by atoms with Gasteiger partial charge in [-0.3, -0.25) is 9.69 Å². The smallest absolute Gasteiger partial charge is 0.260 e. The molecule has 1 fully saturated rings. The van der Waals surface area contributed by atoms with Gasteiger partial charge in [-0.1, -0.05) is 31.4 Å². The first-order valence-electron chi connectivity index (χ1n) is 9.55. The summed E-state index contributed by atoms with van der Waals surface area (Å²) in [5.74, 6) is 1.18. The molecule has 142 valence electrons. The second kappa shape index (κ2) is 7.90. The number of fused-ring (bicyclic) bond motifs is 1. The number of nitrogens with one attached hydrogen (secondary N) is 1. The summed E-state index contributed by atoms with van der Waals surface area (Å²) >= 11 is 1.46. The van der Waals surface area contributed by atoms with Crippen LogP contribution in [0, 0.1) is 11.7 Å². The Bertz CT molecular complexity index is 973. The number of H-pyrrole nitrogens is 1. The summed E-state index contributed by atoms with van der Waals surface area (Å²) < 4.78 is 13.2. The molecule has 1 aromatic carbocycles. The normalized spacial score (nSPS) is 15.7. The van der Waals surface area contributed by atoms with Gasteiger partial charge in [-0.2, -0.15) is 0 Å². The van der Waals surface area contributed by atoms with Gasteiger partial charge < -0.3 is 4.98 Å². The zero-order chi connectivity index (χ0) is 18.8. The van der Waals surface area contributed by atoms with E-state index in [1.54, 1.807) is 12.1 Å². The van der Waals surface area contributed by atoms with Gasteiger partial charge in [0.25, 0.3) is 5.56 Å². The van der Waals surface area contributed by atoms with Crippen LogP contribution in [-0.2, 0) is 6.54 Å². The second-order valence-electron chi connectivity index (χ2n) is 7.55. The Morgan fingerprint density at radius 3 is 2.70 bits per heavy atom. The minimum atomic E-state index is -0.284. The maximum atomic E-state index is 13.2. The molecule has 0 amide bonds. The Balaban J connectivity index is 1.55. The van der Waals surface area contributed by atoms with Gasteiger partial charge >= 0.3 is 0 Å². The highest BCUT2D eigenvalue weighted by Gasteiger charge is 2.17. The van der Waals surface area contributed by atoms with Crippen molar-refractivity contribution >= 4 is 21.6 Å². The fourth-order valence-electron chi connectivity index (χ4n) is 4.04. The summed E-state index contributed by atoms with van der Waals surface area (Å²) in [7, 11) is 2.09. The molecule has 0 unspecified atom stereocenters. The van der Waals surface area contributed by atoms with Gasteiger partial charge in [-0.05, 0) is 43.5 Å². The number of hydrogen-bond donors (Lipinski definition) is 1. The van der Waals surface area contributed by atoms with Gasteiger partial charge in [0.05, 0.1) is 11.9 Å². The van der Waals surface area contributed by atoms with Crippen LogP contribution in [0.1, 0.15) is 37.9 Å². The summed E-state index contributed by atoms with van der Waals surface area (Å²) in [5.41, 5.74) is 1.52. The van der Waals surface area contributed by atoms with Crippen LogP contribution in [0.25, 0.3) is 21.3 Å². The number of thiophene rings is 1. The maximum Gasteiger partial charge on any atom is 0.260 e. The second-order valence-corrected chi connectivity index (χ2v) is 8.41. The molecule has 0 aliphatic heterocycles. The first kappa shape index (κ1) is 18.3. The summed E-state index contributed by atoms with van der Waals surface area (Å²) in [6.45, 7) is 1.69. The zero-order valence-electron chi connectivity index (χ0n) is 15.5. The Labute approximate surface area is 162 Å². The van der Waals surface area contributed by atoms with Crippen molar-refractivity contribution in [3.63, 3.8) is 0 Å². The first-order chi connectivity index (χ1) is 13.1. The third-order valence-electron chi connectivity index (χ3n) is 5.36. The SMILES string of the molecule is CN(Cc1nc2scc(-c3ccc(F)cc3)c2c(=O)[nH]1)CC1CCCCC1. The molecular formula is C21H24FN3OS. The van der Waals surface area contributed by atoms with Crippen LogP contribution in [0.2, 0.25) is 0 Å². The number of benzene rings is 1. The van der Waals surface area contributed by atoms with Gasteiger partial charge in [0.2, 0.25) is 0 Å². The van der Waals surface area contributed by atoms with Crippen molar-refractivity contribution in [2.24, 2.45) is 5.92 Å². The fraction of sp³-hybridized carbons (Fsp3) is 0.429. The Kier molecular flexibility index (Phi) is 5.36. The molecule has 0 radical (unpaired) electrons. The molecule has 0 atom stereocenters. The van der Waals surface area contributed by atoms with Crippen LogP contribution in [0.4, 0.5) is 4.39 Å². The minimum Gasteiger partial charge on any atom is -0.309 e. The van der Waals surface area contributed by atoms with Crippen LogP contribution >= 0.6 is 11.3 Å². The quantitative estimate of drug-likeness (QED) is 0.686. The Hall–Kier alpha value is -2.05. The van der Waals surface area contributed by atoms with Gasteiger partial charge in [0.1, 0.15) is 16.5 Å². The van der Waals surface area contributed by atoms with Gasteiger partial charge in [-0.15, -0.1) is 11.3 Å². The van der Waals surface area contributed by atoms with Crippen molar-refractivity contribution in [2.45, 2.75) is 38.6 Å². The first-order valence-corrected chi connectivity index (χ1v) is 10.4. The molecule has 6 heteroatoms. The number of aromatic amines is 1. The fourth-order valence-corrected chi connectivity index (χ4v) is 5.01. The third-order valence-corrected chi connectivity index (χ3v) is 6.23. The van der Waals surface area contributed by atoms with Crippen molar-refractivity contribution < 1.29 is 4.39 Å². The highest BCUT2D eigenvalue weighted by molar-refractivity contribution is 7.17. The van der Waals surface area contributed by atoms with Crippen molar-refractivity contribution in [1.29, 1.82) is 0 Å². The van der Waals surface area contributed by atoms with Crippen molar-refractivity contribution in [3.05, 3.63) is 51.6 Å². The Morgan fingerprint density at radius 2 is 1.96 bits per heavy atom. The molecular weight excluding hydrogens is 361 g/mol. The highest BCUT2D eigenvalue weighted by atomic mass is 32.1. The van der Waals surface area contributed by atoms with Crippen LogP contribution in [0.15, 0.2) is 34.4 Å². The molecule has 3 aromatic rings. The van der Waals surface area contributed by atoms with E-state index in [2.05, 4.69) is 21.9 Å². The molecule has 2 aromatic heterocycles. The third kappa shape index (κ3) is 4.12. The van der Waals surface area contributed by atoms with Crippen LogP contribution in [0.3, 0.4) is 0 Å². The molecule has 1 aliphatic rings. The summed E-state index contributed by atoms with van der Waals surface area (Å²) in [4.78, 5) is 23.3. The number of aromatic nitrogens is 2. The largest absolute Gasteiger partial charge is 0.309 e. The minimum absolute atomic E-state index is 0.123. The van der Waals surface area contributed by atoms with Gasteiger partial charge in [0.15, 0.2) is 0 Å². The summed E-state index contributed by atoms with van der Waals surface area (Å²) in [6, 6.07) is 6.22. The average Bonchev–Trinajstić information content (AvgIpc) is 3.07. The standard InChI is InChI=1S/C21H24FN3OS/c1-25(11-14-5-3-2-4-6-14)12-18-23-20(26)19-17(13-27-21(19)24-18)15-7-9-16(22)10-8-15/h7-10,13-14H,2-6,11-12H2,1H3,(H,23,24,26). The number of halogens is 1. The number of rotatable bonds is 5. The topological polar surface area (TPSA) is 49.0 Å². The van der Waals surface area contributed by atoms with E-state index in [4.69, 9.17) is 0 Å². The molecule has 1 N–H and O–H groups in total. The van der Waals surface area contributed by atoms with Crippen molar-refractivity contribution in [2.75, 3.05) is 13.6 Å². The van der Waals surface area contributed by atoms with Crippen LogP contribution < -0.4 is 5.56 Å². The lowest BCUT2D eigenvalue weighted by Crippen LogP contribution is -2.28. The summed E-state index contributed by atoms with van der Waals surface area (Å²) in [6.07, 6.45) is 6.64. The lowest BCUT2D eigenvalue weighted by Gasteiger charge is -2.26. The molecule has 0 spiro atoms. The Morgan fingerprint density at radius 1 is 1.22 bits per heavy atom. The number of nitrogens with zero attached hydrogens (tertiary/aromatic N) is 2. The van der Waals surface area contributed by atoms with E-state index in [1.807, 2.05) is 5.38 Å². The summed E-state index contributed by atoms with van der Waals surface area (Å²) in [5, 5.41) is 2.51.